The number of halogens is 1. The van der Waals surface area contributed by atoms with Gasteiger partial charge in [-0.3, -0.25) is 4.79 Å². The van der Waals surface area contributed by atoms with E-state index in [2.05, 4.69) is 10.6 Å². The first-order chi connectivity index (χ1) is 12.2. The quantitative estimate of drug-likeness (QED) is 0.743. The van der Waals surface area contributed by atoms with Crippen molar-refractivity contribution in [2.24, 2.45) is 0 Å². The summed E-state index contributed by atoms with van der Waals surface area (Å²) in [6.45, 7) is 1.50. The summed E-state index contributed by atoms with van der Waals surface area (Å²) < 4.78 is 18.1. The lowest BCUT2D eigenvalue weighted by molar-refractivity contribution is -0.121. The van der Waals surface area contributed by atoms with Crippen LogP contribution in [0, 0.1) is 5.82 Å². The number of methoxy groups -OCH3 is 1. The third-order valence-electron chi connectivity index (χ3n) is 4.15. The Morgan fingerprint density at radius 3 is 2.96 bits per heavy atom. The van der Waals surface area contributed by atoms with E-state index in [-0.39, 0.29) is 24.3 Å². The largest absolute Gasteiger partial charge is 0.383 e. The SMILES string of the molecule is COCCNCC(=O)NC1CCCc2nc(-c3ccc(F)cc3)sc21. The predicted octanol–water partition coefficient (Wildman–Crippen LogP) is 2.68. The molecule has 0 aliphatic heterocycles. The standard InChI is InChI=1S/C18H22FN3O2S/c1-24-10-9-20-11-16(23)21-14-3-2-4-15-17(14)25-18(22-15)12-5-7-13(19)8-6-12/h5-8,14,20H,2-4,9-11H2,1H3,(H,21,23). The van der Waals surface area contributed by atoms with Gasteiger partial charge in [-0.15, -0.1) is 11.3 Å². The minimum Gasteiger partial charge on any atom is -0.383 e. The number of thiazole rings is 1. The first-order valence-electron chi connectivity index (χ1n) is 8.42. The molecule has 3 rings (SSSR count). The van der Waals surface area contributed by atoms with Gasteiger partial charge in [0.1, 0.15) is 10.8 Å². The van der Waals surface area contributed by atoms with E-state index in [4.69, 9.17) is 9.72 Å². The highest BCUT2D eigenvalue weighted by Gasteiger charge is 2.26. The zero-order valence-corrected chi connectivity index (χ0v) is 15.0. The number of hydrogen-bond donors (Lipinski definition) is 2. The number of aromatic nitrogens is 1. The maximum absolute atomic E-state index is 13.1. The second kappa shape index (κ2) is 8.51. The minimum absolute atomic E-state index is 0.00664. The lowest BCUT2D eigenvalue weighted by Crippen LogP contribution is -2.38. The molecule has 25 heavy (non-hydrogen) atoms. The van der Waals surface area contributed by atoms with E-state index < -0.39 is 0 Å². The molecule has 1 unspecified atom stereocenters. The summed E-state index contributed by atoms with van der Waals surface area (Å²) in [4.78, 5) is 18.0. The molecule has 0 saturated carbocycles. The number of fused-ring (bicyclic) bond motifs is 1. The van der Waals surface area contributed by atoms with Crippen LogP contribution in [0.4, 0.5) is 4.39 Å². The fraction of sp³-hybridized carbons (Fsp3) is 0.444. The Morgan fingerprint density at radius 1 is 1.40 bits per heavy atom. The van der Waals surface area contributed by atoms with Gasteiger partial charge in [0.25, 0.3) is 0 Å². The molecule has 1 atom stereocenters. The van der Waals surface area contributed by atoms with Crippen LogP contribution in [0.5, 0.6) is 0 Å². The van der Waals surface area contributed by atoms with Crippen molar-refractivity contribution < 1.29 is 13.9 Å². The molecule has 0 spiro atoms. The summed E-state index contributed by atoms with van der Waals surface area (Å²) in [7, 11) is 1.63. The van der Waals surface area contributed by atoms with E-state index >= 15 is 0 Å². The van der Waals surface area contributed by atoms with E-state index in [0.717, 1.165) is 40.4 Å². The van der Waals surface area contributed by atoms with Gasteiger partial charge in [0, 0.05) is 19.2 Å². The van der Waals surface area contributed by atoms with Gasteiger partial charge in [0.2, 0.25) is 5.91 Å². The average molecular weight is 363 g/mol. The van der Waals surface area contributed by atoms with Gasteiger partial charge >= 0.3 is 0 Å². The highest BCUT2D eigenvalue weighted by Crippen LogP contribution is 2.37. The van der Waals surface area contributed by atoms with Crippen LogP contribution < -0.4 is 10.6 Å². The topological polar surface area (TPSA) is 63.2 Å². The number of amides is 1. The van der Waals surface area contributed by atoms with Crippen LogP contribution in [0.2, 0.25) is 0 Å². The molecule has 0 radical (unpaired) electrons. The van der Waals surface area contributed by atoms with E-state index in [1.54, 1.807) is 30.6 Å². The van der Waals surface area contributed by atoms with Crippen LogP contribution in [0.3, 0.4) is 0 Å². The van der Waals surface area contributed by atoms with Crippen molar-refractivity contribution in [3.8, 4) is 10.6 Å². The summed E-state index contributed by atoms with van der Waals surface area (Å²) in [5.41, 5.74) is 1.96. The number of carbonyl (C=O) groups excluding carboxylic acids is 1. The molecule has 1 aromatic carbocycles. The molecule has 1 amide bonds. The van der Waals surface area contributed by atoms with Gasteiger partial charge in [0.05, 0.1) is 29.8 Å². The predicted molar refractivity (Wildman–Crippen MR) is 96.1 cm³/mol. The molecule has 1 aromatic heterocycles. The Kier molecular flexibility index (Phi) is 6.12. The molecule has 2 aromatic rings. The Balaban J connectivity index is 1.67. The van der Waals surface area contributed by atoms with Crippen LogP contribution in [0.25, 0.3) is 10.6 Å². The number of benzene rings is 1. The van der Waals surface area contributed by atoms with E-state index in [1.165, 1.54) is 12.1 Å². The molecular formula is C18H22FN3O2S. The van der Waals surface area contributed by atoms with Crippen molar-refractivity contribution in [3.63, 3.8) is 0 Å². The average Bonchev–Trinajstić information content (AvgIpc) is 3.05. The number of rotatable bonds is 7. The van der Waals surface area contributed by atoms with Gasteiger partial charge in [-0.25, -0.2) is 9.37 Å². The molecule has 0 fully saturated rings. The van der Waals surface area contributed by atoms with Crippen molar-refractivity contribution in [2.45, 2.75) is 25.3 Å². The second-order valence-electron chi connectivity index (χ2n) is 6.02. The highest BCUT2D eigenvalue weighted by atomic mass is 32.1. The maximum Gasteiger partial charge on any atom is 0.234 e. The monoisotopic (exact) mass is 363 g/mol. The Hall–Kier alpha value is -1.83. The Bertz CT molecular complexity index is 718. The van der Waals surface area contributed by atoms with Gasteiger partial charge < -0.3 is 15.4 Å². The van der Waals surface area contributed by atoms with Gasteiger partial charge in [0.15, 0.2) is 0 Å². The first kappa shape index (κ1) is 18.0. The van der Waals surface area contributed by atoms with E-state index in [9.17, 15) is 9.18 Å². The van der Waals surface area contributed by atoms with E-state index in [0.29, 0.717) is 13.2 Å². The first-order valence-corrected chi connectivity index (χ1v) is 9.23. The minimum atomic E-state index is -0.254. The molecule has 134 valence electrons. The third kappa shape index (κ3) is 4.62. The number of nitrogens with one attached hydrogen (secondary N) is 2. The number of ether oxygens (including phenoxy) is 1. The zero-order valence-electron chi connectivity index (χ0n) is 14.2. The Morgan fingerprint density at radius 2 is 2.20 bits per heavy atom. The molecule has 1 heterocycles. The van der Waals surface area contributed by atoms with Gasteiger partial charge in [-0.05, 0) is 43.5 Å². The highest BCUT2D eigenvalue weighted by molar-refractivity contribution is 7.15. The molecule has 0 saturated heterocycles. The Labute approximate surface area is 150 Å². The summed E-state index contributed by atoms with van der Waals surface area (Å²) in [5.74, 6) is -0.276. The number of hydrogen-bond acceptors (Lipinski definition) is 5. The van der Waals surface area contributed by atoms with Crippen LogP contribution in [0.1, 0.15) is 29.5 Å². The van der Waals surface area contributed by atoms with Gasteiger partial charge in [-0.2, -0.15) is 0 Å². The number of carbonyl (C=O) groups is 1. The fourth-order valence-electron chi connectivity index (χ4n) is 2.89. The normalized spacial score (nSPS) is 16.5. The molecule has 2 N–H and O–H groups in total. The van der Waals surface area contributed by atoms with Crippen LogP contribution in [0.15, 0.2) is 24.3 Å². The summed E-state index contributed by atoms with van der Waals surface area (Å²) in [5, 5.41) is 7.02. The smallest absolute Gasteiger partial charge is 0.234 e. The third-order valence-corrected chi connectivity index (χ3v) is 5.41. The molecular weight excluding hydrogens is 341 g/mol. The van der Waals surface area contributed by atoms with E-state index in [1.807, 2.05) is 0 Å². The fourth-order valence-corrected chi connectivity index (χ4v) is 4.10. The van der Waals surface area contributed by atoms with Crippen molar-refractivity contribution in [1.29, 1.82) is 0 Å². The summed E-state index contributed by atoms with van der Waals surface area (Å²) >= 11 is 1.59. The van der Waals surface area contributed by atoms with Crippen molar-refractivity contribution in [2.75, 3.05) is 26.8 Å². The van der Waals surface area contributed by atoms with Crippen molar-refractivity contribution in [3.05, 3.63) is 40.7 Å². The van der Waals surface area contributed by atoms with Gasteiger partial charge in [-0.1, -0.05) is 0 Å². The number of nitrogens with zero attached hydrogens (tertiary/aromatic N) is 1. The molecule has 5 nitrogen and oxygen atoms in total. The zero-order chi connectivity index (χ0) is 17.6. The molecule has 0 bridgehead atoms. The summed E-state index contributed by atoms with van der Waals surface area (Å²) in [6, 6.07) is 6.38. The van der Waals surface area contributed by atoms with Crippen molar-refractivity contribution >= 4 is 17.2 Å². The lowest BCUT2D eigenvalue weighted by atomic mass is 9.98. The summed E-state index contributed by atoms with van der Waals surface area (Å²) in [6.07, 6.45) is 2.84. The molecule has 7 heteroatoms. The molecule has 1 aliphatic rings. The molecule has 1 aliphatic carbocycles. The number of aryl methyl sites for hydroxylation is 1. The van der Waals surface area contributed by atoms with Crippen LogP contribution >= 0.6 is 11.3 Å². The maximum atomic E-state index is 13.1. The van der Waals surface area contributed by atoms with Crippen LogP contribution in [-0.4, -0.2) is 37.7 Å². The lowest BCUT2D eigenvalue weighted by Gasteiger charge is -2.22. The van der Waals surface area contributed by atoms with Crippen molar-refractivity contribution in [1.82, 2.24) is 15.6 Å². The van der Waals surface area contributed by atoms with Crippen LogP contribution in [-0.2, 0) is 16.0 Å². The second-order valence-corrected chi connectivity index (χ2v) is 7.05.